The quantitative estimate of drug-likeness (QED) is 0.160. The van der Waals surface area contributed by atoms with Gasteiger partial charge in [0.2, 0.25) is 0 Å². The van der Waals surface area contributed by atoms with Gasteiger partial charge in [-0.3, -0.25) is 4.68 Å². The summed E-state index contributed by atoms with van der Waals surface area (Å²) in [6.45, 7) is 8.49. The molecule has 0 spiro atoms. The van der Waals surface area contributed by atoms with Gasteiger partial charge in [-0.25, -0.2) is 4.98 Å². The van der Waals surface area contributed by atoms with E-state index in [0.717, 1.165) is 39.7 Å². The van der Waals surface area contributed by atoms with Gasteiger partial charge in [-0.1, -0.05) is 48.0 Å². The number of ether oxygens (including phenoxy) is 1. The van der Waals surface area contributed by atoms with E-state index in [1.165, 1.54) is 16.7 Å². The summed E-state index contributed by atoms with van der Waals surface area (Å²) in [5, 5.41) is 4.55. The number of fused-ring (bicyclic) bond motifs is 1. The summed E-state index contributed by atoms with van der Waals surface area (Å²) >= 11 is 0. The molecule has 7 heteroatoms. The smallest absolute Gasteiger partial charge is 0.126 e. The van der Waals surface area contributed by atoms with Crippen molar-refractivity contribution in [2.45, 2.75) is 20.8 Å². The van der Waals surface area contributed by atoms with Crippen LogP contribution >= 0.6 is 0 Å². The molecule has 216 valence electrons. The van der Waals surface area contributed by atoms with Crippen LogP contribution in [-0.4, -0.2) is 14.8 Å². The molecule has 6 nitrogen and oxygen atoms in total. The van der Waals surface area contributed by atoms with E-state index >= 15 is 0 Å². The van der Waals surface area contributed by atoms with Gasteiger partial charge in [0.05, 0.1) is 11.9 Å². The Morgan fingerprint density at radius 1 is 0.721 bits per heavy atom. The SMILES string of the molecule is Cc1cc(C)c(N2[CH-]N(c3[c-]c(Oc4[c-]c(-n5cc(-c6ccccc6)cn5)ccc4)ccc3)c3cccnc32)c(C)c1.[Pt]. The molecule has 0 aliphatic carbocycles. The zero-order valence-corrected chi connectivity index (χ0v) is 26.2. The first-order chi connectivity index (χ1) is 20.5. The number of hydrogen-bond donors (Lipinski definition) is 0. The van der Waals surface area contributed by atoms with Crippen LogP contribution in [0.15, 0.2) is 110 Å². The van der Waals surface area contributed by atoms with E-state index in [9.17, 15) is 0 Å². The Balaban J connectivity index is 0.00000329. The third-order valence-electron chi connectivity index (χ3n) is 7.28. The predicted molar refractivity (Wildman–Crippen MR) is 167 cm³/mol. The van der Waals surface area contributed by atoms with Gasteiger partial charge >= 0.3 is 0 Å². The first-order valence-corrected chi connectivity index (χ1v) is 13.8. The molecule has 0 saturated carbocycles. The maximum atomic E-state index is 6.26. The van der Waals surface area contributed by atoms with Gasteiger partial charge in [-0.2, -0.15) is 17.2 Å². The topological polar surface area (TPSA) is 46.4 Å². The van der Waals surface area contributed by atoms with E-state index in [0.29, 0.717) is 11.5 Å². The molecule has 0 saturated heterocycles. The summed E-state index contributed by atoms with van der Waals surface area (Å²) in [5.41, 5.74) is 9.55. The summed E-state index contributed by atoms with van der Waals surface area (Å²) in [4.78, 5) is 9.00. The van der Waals surface area contributed by atoms with Crippen LogP contribution < -0.4 is 14.5 Å². The molecule has 0 radical (unpaired) electrons. The molecule has 1 aliphatic rings. The van der Waals surface area contributed by atoms with Gasteiger partial charge in [-0.15, -0.1) is 48.8 Å². The molecule has 4 aromatic carbocycles. The number of nitrogens with zero attached hydrogens (tertiary/aromatic N) is 5. The van der Waals surface area contributed by atoms with Crippen molar-refractivity contribution in [3.05, 3.63) is 145 Å². The van der Waals surface area contributed by atoms with Gasteiger partial charge in [0.1, 0.15) is 5.82 Å². The fraction of sp³-hybridized carbons (Fsp3) is 0.0833. The standard InChI is InChI=1S/C36H28N5O.Pt/c1-25-18-26(2)35(27(3)19-25)40-24-39(34-16-9-17-37-36(34)40)30-12-7-14-32(20-30)42-33-15-8-13-31(21-33)41-23-29(22-38-41)28-10-5-4-6-11-28;/h4-19,22-24H,1-3H3;/q-3;. The summed E-state index contributed by atoms with van der Waals surface area (Å²) in [7, 11) is 0. The molecule has 43 heavy (non-hydrogen) atoms. The summed E-state index contributed by atoms with van der Waals surface area (Å²) in [6.07, 6.45) is 5.68. The van der Waals surface area contributed by atoms with Crippen LogP contribution in [0.1, 0.15) is 16.7 Å². The van der Waals surface area contributed by atoms with Crippen LogP contribution in [0.25, 0.3) is 16.8 Å². The first-order valence-electron chi connectivity index (χ1n) is 13.8. The van der Waals surface area contributed by atoms with Crippen molar-refractivity contribution in [2.24, 2.45) is 0 Å². The third-order valence-corrected chi connectivity index (χ3v) is 7.28. The first kappa shape index (κ1) is 28.4. The molecule has 0 N–H and O–H groups in total. The van der Waals surface area contributed by atoms with Crippen LogP contribution in [0.2, 0.25) is 0 Å². The minimum atomic E-state index is 0. The Kier molecular flexibility index (Phi) is 7.88. The second-order valence-electron chi connectivity index (χ2n) is 10.4. The Morgan fingerprint density at radius 2 is 1.42 bits per heavy atom. The number of aromatic nitrogens is 3. The van der Waals surface area contributed by atoms with E-state index in [1.54, 1.807) is 0 Å². The minimum Gasteiger partial charge on any atom is -0.509 e. The van der Waals surface area contributed by atoms with Crippen LogP contribution in [0.4, 0.5) is 22.9 Å². The van der Waals surface area contributed by atoms with E-state index in [1.807, 2.05) is 83.9 Å². The second-order valence-corrected chi connectivity index (χ2v) is 10.4. The number of aryl methyl sites for hydroxylation is 3. The van der Waals surface area contributed by atoms with Crippen LogP contribution in [-0.2, 0) is 21.1 Å². The van der Waals surface area contributed by atoms with Crippen molar-refractivity contribution in [2.75, 3.05) is 9.80 Å². The fourth-order valence-corrected chi connectivity index (χ4v) is 5.52. The molecule has 2 aromatic heterocycles. The third kappa shape index (κ3) is 5.59. The Bertz CT molecular complexity index is 1880. The number of anilines is 4. The van der Waals surface area contributed by atoms with Gasteiger partial charge in [-0.05, 0) is 55.3 Å². The molecule has 0 unspecified atom stereocenters. The number of rotatable bonds is 6. The van der Waals surface area contributed by atoms with Gasteiger partial charge < -0.3 is 14.5 Å². The molecule has 0 bridgehead atoms. The maximum absolute atomic E-state index is 6.26. The van der Waals surface area contributed by atoms with Crippen molar-refractivity contribution in [3.8, 4) is 28.3 Å². The van der Waals surface area contributed by atoms with Crippen molar-refractivity contribution < 1.29 is 25.8 Å². The zero-order valence-electron chi connectivity index (χ0n) is 23.9. The van der Waals surface area contributed by atoms with Crippen LogP contribution in [0.5, 0.6) is 11.5 Å². The van der Waals surface area contributed by atoms with Crippen molar-refractivity contribution in [3.63, 3.8) is 0 Å². The van der Waals surface area contributed by atoms with Crippen LogP contribution in [0.3, 0.4) is 0 Å². The predicted octanol–water partition coefficient (Wildman–Crippen LogP) is 8.66. The largest absolute Gasteiger partial charge is 0.509 e. The maximum Gasteiger partial charge on any atom is 0.126 e. The monoisotopic (exact) mass is 741 g/mol. The molecule has 7 rings (SSSR count). The molecule has 3 heterocycles. The molecule has 1 aliphatic heterocycles. The number of benzene rings is 4. The van der Waals surface area contributed by atoms with E-state index in [-0.39, 0.29) is 21.1 Å². The Labute approximate surface area is 266 Å². The van der Waals surface area contributed by atoms with Crippen molar-refractivity contribution in [1.29, 1.82) is 0 Å². The molecular formula is C36H28N5OPt-3. The summed E-state index contributed by atoms with van der Waals surface area (Å²) < 4.78 is 8.07. The fourth-order valence-electron chi connectivity index (χ4n) is 5.52. The van der Waals surface area contributed by atoms with Gasteiger partial charge in [0.25, 0.3) is 0 Å². The van der Waals surface area contributed by atoms with Gasteiger partial charge in [0, 0.05) is 56.2 Å². The summed E-state index contributed by atoms with van der Waals surface area (Å²) in [5.74, 6) is 2.05. The normalized spacial score (nSPS) is 12.2. The van der Waals surface area contributed by atoms with E-state index in [4.69, 9.17) is 9.72 Å². The van der Waals surface area contributed by atoms with E-state index < -0.39 is 0 Å². The van der Waals surface area contributed by atoms with Crippen molar-refractivity contribution in [1.82, 2.24) is 14.8 Å². The Hall–Kier alpha value is -4.67. The van der Waals surface area contributed by atoms with Gasteiger partial charge in [0.15, 0.2) is 0 Å². The number of hydrogen-bond acceptors (Lipinski definition) is 5. The molecular weight excluding hydrogens is 714 g/mol. The molecule has 0 fully saturated rings. The zero-order chi connectivity index (χ0) is 28.6. The molecule has 6 aromatic rings. The Morgan fingerprint density at radius 3 is 2.16 bits per heavy atom. The van der Waals surface area contributed by atoms with E-state index in [2.05, 4.69) is 84.8 Å². The van der Waals surface area contributed by atoms with Crippen molar-refractivity contribution >= 4 is 22.9 Å². The summed E-state index contributed by atoms with van der Waals surface area (Å²) in [6, 6.07) is 37.1. The number of pyridine rings is 1. The van der Waals surface area contributed by atoms with Crippen LogP contribution in [0, 0.1) is 39.6 Å². The minimum absolute atomic E-state index is 0. The average molecular weight is 742 g/mol. The second kappa shape index (κ2) is 11.9. The average Bonchev–Trinajstić information content (AvgIpc) is 3.64. The molecule has 0 amide bonds. The molecule has 0 atom stereocenters.